The summed E-state index contributed by atoms with van der Waals surface area (Å²) >= 11 is 0. The van der Waals surface area contributed by atoms with Crippen molar-refractivity contribution in [2.24, 2.45) is 0 Å². The van der Waals surface area contributed by atoms with Crippen LogP contribution in [0, 0.1) is 14.1 Å². The van der Waals surface area contributed by atoms with Gasteiger partial charge in [-0.25, -0.2) is 0 Å². The third kappa shape index (κ3) is 36.0. The molecular weight excluding hydrogens is 257 g/mol. The van der Waals surface area contributed by atoms with Gasteiger partial charge >= 0.3 is 51.4 Å². The largest absolute Gasteiger partial charge is 1.00 e. The van der Waals surface area contributed by atoms with Crippen molar-refractivity contribution >= 4 is 0 Å². The summed E-state index contributed by atoms with van der Waals surface area (Å²) in [7, 11) is 10.4. The quantitative estimate of drug-likeness (QED) is 0.317. The first kappa shape index (κ1) is 27.7. The zero-order valence-electron chi connectivity index (χ0n) is 12.5. The second kappa shape index (κ2) is 31.0. The summed E-state index contributed by atoms with van der Waals surface area (Å²) < 4.78 is 9.68. The molecule has 108 valence electrons. The van der Waals surface area contributed by atoms with Gasteiger partial charge in [-0.15, -0.1) is 0 Å². The van der Waals surface area contributed by atoms with Crippen LogP contribution < -0.4 is 62.0 Å². The molecule has 6 heteroatoms. The maximum atomic E-state index is 4.84. The topological polar surface area (TPSA) is 76.0 Å². The molecule has 0 fully saturated rings. The van der Waals surface area contributed by atoms with Gasteiger partial charge in [0.05, 0.1) is 0 Å². The van der Waals surface area contributed by atoms with E-state index in [-0.39, 0.29) is 57.5 Å². The molecule has 0 aromatic heterocycles. The van der Waals surface area contributed by atoms with Crippen LogP contribution in [0.15, 0.2) is 0 Å². The molecule has 0 unspecified atom stereocenters. The summed E-state index contributed by atoms with van der Waals surface area (Å²) in [5.74, 6) is 0. The Kier molecular flexibility index (Phi) is 47.8. The van der Waals surface area contributed by atoms with Crippen LogP contribution in [0.25, 0.3) is 6.15 Å². The molecule has 4 N–H and O–H groups in total. The van der Waals surface area contributed by atoms with Gasteiger partial charge in [-0.1, -0.05) is 0 Å². The molecule has 0 saturated heterocycles. The van der Waals surface area contributed by atoms with E-state index in [2.05, 4.69) is 24.7 Å². The number of unbranched alkanes of at least 4 members (excludes halogenated alkanes) is 2. The second-order valence-electron chi connectivity index (χ2n) is 3.40. The summed E-state index contributed by atoms with van der Waals surface area (Å²) in [6, 6.07) is 0. The van der Waals surface area contributed by atoms with Crippen LogP contribution in [0.4, 0.5) is 0 Å². The maximum absolute atomic E-state index is 4.84. The first-order valence-corrected chi connectivity index (χ1v) is 5.81. The smallest absolute Gasteiger partial charge is 0.693 e. The Morgan fingerprint density at radius 3 is 1.33 bits per heavy atom. The van der Waals surface area contributed by atoms with E-state index in [0.29, 0.717) is 0 Å². The van der Waals surface area contributed by atoms with E-state index in [1.165, 1.54) is 0 Å². The normalized spacial score (nSPS) is 8.67. The fraction of sp³-hybridized carbons (Fsp3) is 0.833. The number of methoxy groups -OCH3 is 2. The second-order valence-corrected chi connectivity index (χ2v) is 3.40. The standard InChI is InChI=1S/2C6H14NO.K.H2N/c2*1-7-5-3-4-6-8-2;;/h2*7H,1,3-6H2,2H3;;1H2/q2*-1;+1;-1. The molecule has 18 heavy (non-hydrogen) atoms. The molecule has 0 bridgehead atoms. The van der Waals surface area contributed by atoms with E-state index >= 15 is 0 Å². The summed E-state index contributed by atoms with van der Waals surface area (Å²) in [5, 5.41) is 5.64. The molecule has 0 radical (unpaired) electrons. The fourth-order valence-electron chi connectivity index (χ4n) is 0.993. The molecule has 0 aromatic rings. The Balaban J connectivity index is -0.0000000980. The predicted molar refractivity (Wildman–Crippen MR) is 74.2 cm³/mol. The molecule has 0 aliphatic rings. The average Bonchev–Trinajstić information content (AvgIpc) is 2.31. The number of hydrogen-bond donors (Lipinski definition) is 2. The van der Waals surface area contributed by atoms with E-state index in [0.717, 1.165) is 52.0 Å². The van der Waals surface area contributed by atoms with Crippen molar-refractivity contribution in [2.45, 2.75) is 25.7 Å². The van der Waals surface area contributed by atoms with Crippen molar-refractivity contribution in [3.63, 3.8) is 0 Å². The van der Waals surface area contributed by atoms with Gasteiger partial charge in [0, 0.05) is 27.4 Å². The Morgan fingerprint density at radius 1 is 0.778 bits per heavy atom. The molecule has 0 aliphatic carbocycles. The van der Waals surface area contributed by atoms with Crippen molar-refractivity contribution in [1.29, 1.82) is 0 Å². The first-order chi connectivity index (χ1) is 7.83. The number of nitrogens with one attached hydrogen (secondary N) is 2. The minimum absolute atomic E-state index is 0. The number of hydrogen-bond acceptors (Lipinski definition) is 4. The van der Waals surface area contributed by atoms with E-state index < -0.39 is 0 Å². The van der Waals surface area contributed by atoms with E-state index in [4.69, 9.17) is 9.47 Å². The van der Waals surface area contributed by atoms with Crippen molar-refractivity contribution < 1.29 is 60.9 Å². The molecule has 5 nitrogen and oxygen atoms in total. The van der Waals surface area contributed by atoms with E-state index in [9.17, 15) is 0 Å². The Hall–Kier alpha value is 1.44. The number of nitrogens with two attached hydrogens (primary N) is 1. The van der Waals surface area contributed by atoms with Gasteiger partial charge in [0.2, 0.25) is 0 Å². The van der Waals surface area contributed by atoms with Gasteiger partial charge in [-0.3, -0.25) is 14.1 Å². The number of rotatable bonds is 10. The summed E-state index contributed by atoms with van der Waals surface area (Å²) in [5.41, 5.74) is 0. The van der Waals surface area contributed by atoms with Crippen molar-refractivity contribution in [3.8, 4) is 0 Å². The van der Waals surface area contributed by atoms with E-state index in [1.807, 2.05) is 0 Å². The maximum Gasteiger partial charge on any atom is 1.00 e. The molecule has 0 saturated carbocycles. The third-order valence-corrected chi connectivity index (χ3v) is 1.90. The Bertz CT molecular complexity index is 87.3. The molecule has 0 heterocycles. The Morgan fingerprint density at radius 2 is 1.11 bits per heavy atom. The third-order valence-electron chi connectivity index (χ3n) is 1.90. The minimum atomic E-state index is 0. The summed E-state index contributed by atoms with van der Waals surface area (Å²) in [6.45, 7) is 3.70. The van der Waals surface area contributed by atoms with Crippen LogP contribution in [0.2, 0.25) is 0 Å². The molecule has 0 amide bonds. The van der Waals surface area contributed by atoms with E-state index in [1.54, 1.807) is 14.2 Å². The van der Waals surface area contributed by atoms with Crippen LogP contribution in [0.3, 0.4) is 0 Å². The molecule has 0 aromatic carbocycles. The zero-order valence-corrected chi connectivity index (χ0v) is 15.6. The van der Waals surface area contributed by atoms with Crippen molar-refractivity contribution in [3.05, 3.63) is 20.2 Å². The van der Waals surface area contributed by atoms with Gasteiger partial charge in [0.1, 0.15) is 0 Å². The van der Waals surface area contributed by atoms with Crippen LogP contribution in [-0.2, 0) is 9.47 Å². The van der Waals surface area contributed by atoms with Gasteiger partial charge in [0.25, 0.3) is 0 Å². The molecule has 0 rings (SSSR count). The average molecular weight is 287 g/mol. The first-order valence-electron chi connectivity index (χ1n) is 5.81. The van der Waals surface area contributed by atoms with Gasteiger partial charge in [-0.05, 0) is 38.8 Å². The molecule has 0 spiro atoms. The van der Waals surface area contributed by atoms with Crippen LogP contribution >= 0.6 is 0 Å². The van der Waals surface area contributed by atoms with Crippen LogP contribution in [0.1, 0.15) is 25.7 Å². The minimum Gasteiger partial charge on any atom is -0.693 e. The van der Waals surface area contributed by atoms with Gasteiger partial charge < -0.3 is 26.3 Å². The molecule has 0 aliphatic heterocycles. The fourth-order valence-corrected chi connectivity index (χ4v) is 0.993. The zero-order chi connectivity index (χ0) is 12.5. The van der Waals surface area contributed by atoms with Gasteiger partial charge in [0.15, 0.2) is 0 Å². The summed E-state index contributed by atoms with van der Waals surface area (Å²) in [6.07, 6.45) is 4.55. The summed E-state index contributed by atoms with van der Waals surface area (Å²) in [4.78, 5) is 0. The molecule has 0 atom stereocenters. The SMILES string of the molecule is [CH2-]NCCCCOC.[CH2-]NCCCCOC.[K+].[NH2-]. The van der Waals surface area contributed by atoms with Crippen molar-refractivity contribution in [1.82, 2.24) is 10.6 Å². The Labute approximate surface area is 156 Å². The van der Waals surface area contributed by atoms with Crippen LogP contribution in [-0.4, -0.2) is 40.5 Å². The molecular formula is C12H30KN3O2-2. The van der Waals surface area contributed by atoms with Crippen molar-refractivity contribution in [2.75, 3.05) is 40.5 Å². The van der Waals surface area contributed by atoms with Gasteiger partial charge in [-0.2, -0.15) is 0 Å². The van der Waals surface area contributed by atoms with Crippen LogP contribution in [0.5, 0.6) is 0 Å². The predicted octanol–water partition coefficient (Wildman–Crippen LogP) is -0.691. The number of ether oxygens (including phenoxy) is 2. The monoisotopic (exact) mass is 287 g/mol.